The maximum atomic E-state index is 12.6. The maximum Gasteiger partial charge on any atom is 0.255 e. The Bertz CT molecular complexity index is 496. The lowest BCUT2D eigenvalue weighted by atomic mass is 10.1. The van der Waals surface area contributed by atoms with Gasteiger partial charge in [-0.1, -0.05) is 17.7 Å². The van der Waals surface area contributed by atoms with Crippen molar-refractivity contribution in [2.24, 2.45) is 0 Å². The van der Waals surface area contributed by atoms with Crippen molar-refractivity contribution in [2.75, 3.05) is 52.2 Å². The zero-order valence-electron chi connectivity index (χ0n) is 12.3. The highest BCUT2D eigenvalue weighted by molar-refractivity contribution is 6.36. The predicted octanol–water partition coefficient (Wildman–Crippen LogP) is 1.72. The largest absolute Gasteiger partial charge is 0.398 e. The summed E-state index contributed by atoms with van der Waals surface area (Å²) in [6, 6.07) is 5.19. The van der Waals surface area contributed by atoms with Crippen molar-refractivity contribution in [3.05, 3.63) is 28.8 Å². The lowest BCUT2D eigenvalue weighted by molar-refractivity contribution is 0.0759. The molecule has 6 heteroatoms. The van der Waals surface area contributed by atoms with Gasteiger partial charge in [0, 0.05) is 33.3 Å². The molecule has 21 heavy (non-hydrogen) atoms. The molecule has 0 spiro atoms. The van der Waals surface area contributed by atoms with E-state index in [2.05, 4.69) is 4.90 Å². The number of ether oxygens (including phenoxy) is 1. The summed E-state index contributed by atoms with van der Waals surface area (Å²) in [6.45, 7) is 4.90. The number of amides is 1. The summed E-state index contributed by atoms with van der Waals surface area (Å²) in [4.78, 5) is 16.8. The first kappa shape index (κ1) is 16.1. The number of anilines is 1. The van der Waals surface area contributed by atoms with E-state index < -0.39 is 0 Å². The molecule has 5 nitrogen and oxygen atoms in total. The molecule has 1 aromatic carbocycles. The Kier molecular flexibility index (Phi) is 5.85. The van der Waals surface area contributed by atoms with Gasteiger partial charge in [-0.25, -0.2) is 0 Å². The van der Waals surface area contributed by atoms with Crippen molar-refractivity contribution in [3.8, 4) is 0 Å². The normalized spacial score (nSPS) is 16.8. The summed E-state index contributed by atoms with van der Waals surface area (Å²) in [7, 11) is 1.70. The SMILES string of the molecule is COCCN1CCCN(C(=O)c2cccc(N)c2Cl)CC1. The summed E-state index contributed by atoms with van der Waals surface area (Å²) in [5.41, 5.74) is 6.70. The Hall–Kier alpha value is -1.30. The van der Waals surface area contributed by atoms with E-state index in [9.17, 15) is 4.79 Å². The van der Waals surface area contributed by atoms with Crippen LogP contribution >= 0.6 is 11.6 Å². The predicted molar refractivity (Wildman–Crippen MR) is 84.7 cm³/mol. The molecular weight excluding hydrogens is 290 g/mol. The van der Waals surface area contributed by atoms with Crippen LogP contribution in [-0.4, -0.2) is 62.1 Å². The third-order valence-electron chi connectivity index (χ3n) is 3.75. The second kappa shape index (κ2) is 7.64. The molecule has 0 aromatic heterocycles. The van der Waals surface area contributed by atoms with Gasteiger partial charge in [-0.2, -0.15) is 0 Å². The zero-order valence-corrected chi connectivity index (χ0v) is 13.1. The fourth-order valence-electron chi connectivity index (χ4n) is 2.50. The van der Waals surface area contributed by atoms with Crippen LogP contribution in [0.1, 0.15) is 16.8 Å². The van der Waals surface area contributed by atoms with Gasteiger partial charge in [-0.05, 0) is 25.1 Å². The number of carbonyl (C=O) groups is 1. The van der Waals surface area contributed by atoms with Gasteiger partial charge < -0.3 is 15.4 Å². The van der Waals surface area contributed by atoms with Crippen molar-refractivity contribution in [1.29, 1.82) is 0 Å². The molecule has 0 unspecified atom stereocenters. The number of hydrogen-bond donors (Lipinski definition) is 1. The molecule has 116 valence electrons. The Labute approximate surface area is 130 Å². The standard InChI is InChI=1S/C15H22ClN3O2/c1-21-11-10-18-6-3-7-19(9-8-18)15(20)12-4-2-5-13(17)14(12)16/h2,4-5H,3,6-11,17H2,1H3. The highest BCUT2D eigenvalue weighted by Crippen LogP contribution is 2.24. The molecule has 0 aliphatic carbocycles. The second-order valence-corrected chi connectivity index (χ2v) is 5.57. The Morgan fingerprint density at radius 3 is 2.90 bits per heavy atom. The molecule has 0 bridgehead atoms. The van der Waals surface area contributed by atoms with E-state index in [1.807, 2.05) is 4.90 Å². The molecule has 1 aromatic rings. The number of nitrogens with zero attached hydrogens (tertiary/aromatic N) is 2. The number of nitrogen functional groups attached to an aromatic ring is 1. The summed E-state index contributed by atoms with van der Waals surface area (Å²) in [6.07, 6.45) is 0.954. The average Bonchev–Trinajstić information content (AvgIpc) is 2.73. The number of rotatable bonds is 4. The molecule has 1 aliphatic heterocycles. The lowest BCUT2D eigenvalue weighted by Crippen LogP contribution is -2.36. The number of nitrogens with two attached hydrogens (primary N) is 1. The number of hydrogen-bond acceptors (Lipinski definition) is 4. The van der Waals surface area contributed by atoms with Crippen molar-refractivity contribution >= 4 is 23.2 Å². The van der Waals surface area contributed by atoms with Gasteiger partial charge in [0.05, 0.1) is 22.9 Å². The molecule has 1 fully saturated rings. The number of carbonyl (C=O) groups excluding carboxylic acids is 1. The van der Waals surface area contributed by atoms with Crippen LogP contribution in [-0.2, 0) is 4.74 Å². The van der Waals surface area contributed by atoms with Gasteiger partial charge >= 0.3 is 0 Å². The minimum absolute atomic E-state index is 0.0408. The van der Waals surface area contributed by atoms with Crippen molar-refractivity contribution in [2.45, 2.75) is 6.42 Å². The molecule has 0 radical (unpaired) electrons. The first-order valence-corrected chi connectivity index (χ1v) is 7.56. The Balaban J connectivity index is 2.01. The van der Waals surface area contributed by atoms with Crippen molar-refractivity contribution in [3.63, 3.8) is 0 Å². The van der Waals surface area contributed by atoms with Crippen LogP contribution in [0, 0.1) is 0 Å². The summed E-state index contributed by atoms with van der Waals surface area (Å²) in [5.74, 6) is -0.0408. The number of benzene rings is 1. The monoisotopic (exact) mass is 311 g/mol. The molecule has 1 amide bonds. The lowest BCUT2D eigenvalue weighted by Gasteiger charge is -2.22. The number of methoxy groups -OCH3 is 1. The van der Waals surface area contributed by atoms with E-state index in [1.165, 1.54) is 0 Å². The fourth-order valence-corrected chi connectivity index (χ4v) is 2.71. The maximum absolute atomic E-state index is 12.6. The minimum Gasteiger partial charge on any atom is -0.398 e. The van der Waals surface area contributed by atoms with Crippen LogP contribution in [0.25, 0.3) is 0 Å². The van der Waals surface area contributed by atoms with Gasteiger partial charge in [-0.3, -0.25) is 9.69 Å². The smallest absolute Gasteiger partial charge is 0.255 e. The van der Waals surface area contributed by atoms with Crippen LogP contribution in [0.15, 0.2) is 18.2 Å². The molecule has 0 saturated carbocycles. The van der Waals surface area contributed by atoms with Crippen molar-refractivity contribution < 1.29 is 9.53 Å². The van der Waals surface area contributed by atoms with Crippen LogP contribution in [0.4, 0.5) is 5.69 Å². The first-order chi connectivity index (χ1) is 10.1. The van der Waals surface area contributed by atoms with Gasteiger partial charge in [0.15, 0.2) is 0 Å². The third kappa shape index (κ3) is 4.09. The number of halogens is 1. The highest BCUT2D eigenvalue weighted by atomic mass is 35.5. The van der Waals surface area contributed by atoms with Gasteiger partial charge in [0.25, 0.3) is 5.91 Å². The molecule has 1 saturated heterocycles. The minimum atomic E-state index is -0.0408. The van der Waals surface area contributed by atoms with E-state index in [4.69, 9.17) is 22.1 Å². The first-order valence-electron chi connectivity index (χ1n) is 7.18. The average molecular weight is 312 g/mol. The van der Waals surface area contributed by atoms with Crippen LogP contribution in [0.2, 0.25) is 5.02 Å². The van der Waals surface area contributed by atoms with Crippen LogP contribution in [0.3, 0.4) is 0 Å². The Morgan fingerprint density at radius 2 is 2.14 bits per heavy atom. The van der Waals surface area contributed by atoms with E-state index >= 15 is 0 Å². The van der Waals surface area contributed by atoms with Gasteiger partial charge in [0.1, 0.15) is 0 Å². The van der Waals surface area contributed by atoms with Crippen molar-refractivity contribution in [1.82, 2.24) is 9.80 Å². The van der Waals surface area contributed by atoms with E-state index in [0.29, 0.717) is 22.8 Å². The summed E-state index contributed by atoms with van der Waals surface area (Å²) < 4.78 is 5.10. The molecule has 1 heterocycles. The van der Waals surface area contributed by atoms with Crippen LogP contribution < -0.4 is 5.73 Å². The van der Waals surface area contributed by atoms with Gasteiger partial charge in [-0.15, -0.1) is 0 Å². The fraction of sp³-hybridized carbons (Fsp3) is 0.533. The van der Waals surface area contributed by atoms with Crippen LogP contribution in [0.5, 0.6) is 0 Å². The van der Waals surface area contributed by atoms with E-state index in [-0.39, 0.29) is 5.91 Å². The molecule has 2 rings (SSSR count). The highest BCUT2D eigenvalue weighted by Gasteiger charge is 2.22. The third-order valence-corrected chi connectivity index (χ3v) is 4.17. The molecule has 1 aliphatic rings. The Morgan fingerprint density at radius 1 is 1.33 bits per heavy atom. The molecule has 2 N–H and O–H groups in total. The summed E-state index contributed by atoms with van der Waals surface area (Å²) in [5, 5.41) is 0.350. The molecule has 0 atom stereocenters. The summed E-state index contributed by atoms with van der Waals surface area (Å²) >= 11 is 6.15. The van der Waals surface area contributed by atoms with E-state index in [0.717, 1.165) is 39.2 Å². The molecular formula is C15H22ClN3O2. The van der Waals surface area contributed by atoms with E-state index in [1.54, 1.807) is 25.3 Å². The quantitative estimate of drug-likeness (QED) is 0.860. The second-order valence-electron chi connectivity index (χ2n) is 5.19. The topological polar surface area (TPSA) is 58.8 Å². The zero-order chi connectivity index (χ0) is 15.2. The van der Waals surface area contributed by atoms with Gasteiger partial charge in [0.2, 0.25) is 0 Å².